The van der Waals surface area contributed by atoms with Crippen LogP contribution in [0.2, 0.25) is 0 Å². The molecule has 6 heteroatoms. The largest absolute Gasteiger partial charge is 0.492 e. The van der Waals surface area contributed by atoms with Gasteiger partial charge in [0.2, 0.25) is 5.91 Å². The normalized spacial score (nSPS) is 14.5. The fraction of sp³-hybridized carbons (Fsp3) is 0.533. The number of carbonyl (C=O) groups excluding carboxylic acids is 1. The Morgan fingerprint density at radius 2 is 1.90 bits per heavy atom. The Kier molecular flexibility index (Phi) is 6.51. The summed E-state index contributed by atoms with van der Waals surface area (Å²) in [6.07, 6.45) is 2.26. The van der Waals surface area contributed by atoms with Gasteiger partial charge in [0.05, 0.1) is 22.1 Å². The lowest BCUT2D eigenvalue weighted by molar-refractivity contribution is -0.129. The second kappa shape index (κ2) is 8.15. The Morgan fingerprint density at radius 3 is 2.48 bits per heavy atom. The summed E-state index contributed by atoms with van der Waals surface area (Å²) in [6.45, 7) is 5.43. The van der Waals surface area contributed by atoms with Crippen molar-refractivity contribution in [3.63, 3.8) is 0 Å². The van der Waals surface area contributed by atoms with E-state index < -0.39 is 0 Å². The maximum absolute atomic E-state index is 11.9. The van der Waals surface area contributed by atoms with E-state index in [4.69, 9.17) is 4.74 Å². The Hall–Kier alpha value is -0.590. The van der Waals surface area contributed by atoms with E-state index in [0.717, 1.165) is 46.2 Å². The van der Waals surface area contributed by atoms with Crippen LogP contribution in [0.3, 0.4) is 0 Å². The number of ether oxygens (including phenoxy) is 1. The van der Waals surface area contributed by atoms with E-state index in [0.29, 0.717) is 19.7 Å². The van der Waals surface area contributed by atoms with Crippen LogP contribution in [0.5, 0.6) is 5.75 Å². The van der Waals surface area contributed by atoms with Crippen LogP contribution in [0.1, 0.15) is 25.3 Å². The Morgan fingerprint density at radius 1 is 1.29 bits per heavy atom. The molecule has 2 rings (SSSR count). The van der Waals surface area contributed by atoms with Gasteiger partial charge in [-0.15, -0.1) is 0 Å². The van der Waals surface area contributed by atoms with Crippen LogP contribution >= 0.6 is 31.9 Å². The molecule has 1 fully saturated rings. The number of rotatable bonds is 6. The third kappa shape index (κ3) is 4.69. The predicted octanol–water partition coefficient (Wildman–Crippen LogP) is 3.32. The van der Waals surface area contributed by atoms with Crippen LogP contribution in [0.25, 0.3) is 0 Å². The molecule has 0 spiro atoms. The summed E-state index contributed by atoms with van der Waals surface area (Å²) in [5, 5.41) is 3.21. The SMILES string of the molecule is CCOc1c(Br)cc(CNCC(=O)N2CCCC2)cc1Br. The Labute approximate surface area is 142 Å². The average Bonchev–Trinajstić information content (AvgIpc) is 2.97. The lowest BCUT2D eigenvalue weighted by Gasteiger charge is -2.16. The Bertz CT molecular complexity index is 479. The zero-order chi connectivity index (χ0) is 15.2. The van der Waals surface area contributed by atoms with Gasteiger partial charge in [-0.25, -0.2) is 0 Å². The highest BCUT2D eigenvalue weighted by atomic mass is 79.9. The van der Waals surface area contributed by atoms with Crippen molar-refractivity contribution in [3.05, 3.63) is 26.6 Å². The van der Waals surface area contributed by atoms with Crippen molar-refractivity contribution in [1.82, 2.24) is 10.2 Å². The first-order chi connectivity index (χ1) is 10.1. The number of halogens is 2. The molecule has 4 nitrogen and oxygen atoms in total. The molecule has 1 aliphatic rings. The monoisotopic (exact) mass is 418 g/mol. The highest BCUT2D eigenvalue weighted by Gasteiger charge is 2.17. The first kappa shape index (κ1) is 16.8. The minimum absolute atomic E-state index is 0.191. The summed E-state index contributed by atoms with van der Waals surface area (Å²) < 4.78 is 7.39. The zero-order valence-corrected chi connectivity index (χ0v) is 15.3. The lowest BCUT2D eigenvalue weighted by Crippen LogP contribution is -2.35. The number of carbonyl (C=O) groups is 1. The first-order valence-corrected chi connectivity index (χ1v) is 8.79. The molecule has 1 aromatic rings. The predicted molar refractivity (Wildman–Crippen MR) is 90.5 cm³/mol. The van der Waals surface area contributed by atoms with Gasteiger partial charge in [0.25, 0.3) is 0 Å². The van der Waals surface area contributed by atoms with E-state index in [1.54, 1.807) is 0 Å². The number of hydrogen-bond acceptors (Lipinski definition) is 3. The van der Waals surface area contributed by atoms with Crippen molar-refractivity contribution in [2.24, 2.45) is 0 Å². The molecule has 1 N–H and O–H groups in total. The molecule has 0 radical (unpaired) electrons. The molecule has 0 aliphatic carbocycles. The second-order valence-electron chi connectivity index (χ2n) is 5.01. The van der Waals surface area contributed by atoms with Gasteiger partial charge in [-0.2, -0.15) is 0 Å². The van der Waals surface area contributed by atoms with Gasteiger partial charge in [0.1, 0.15) is 5.75 Å². The van der Waals surface area contributed by atoms with Crippen molar-refractivity contribution >= 4 is 37.8 Å². The standard InChI is InChI=1S/C15H20Br2N2O2/c1-2-21-15-12(16)7-11(8-13(15)17)9-18-10-14(20)19-5-3-4-6-19/h7-8,18H,2-6,9-10H2,1H3. The molecule has 1 aliphatic heterocycles. The van der Waals surface area contributed by atoms with Crippen molar-refractivity contribution in [2.75, 3.05) is 26.2 Å². The van der Waals surface area contributed by atoms with Gasteiger partial charge in [-0.3, -0.25) is 4.79 Å². The van der Waals surface area contributed by atoms with E-state index in [9.17, 15) is 4.79 Å². The highest BCUT2D eigenvalue weighted by Crippen LogP contribution is 2.34. The van der Waals surface area contributed by atoms with Crippen molar-refractivity contribution < 1.29 is 9.53 Å². The highest BCUT2D eigenvalue weighted by molar-refractivity contribution is 9.11. The minimum Gasteiger partial charge on any atom is -0.492 e. The van der Waals surface area contributed by atoms with Crippen LogP contribution in [0.4, 0.5) is 0 Å². The van der Waals surface area contributed by atoms with Gasteiger partial charge in [0.15, 0.2) is 0 Å². The van der Waals surface area contributed by atoms with Crippen molar-refractivity contribution in [3.8, 4) is 5.75 Å². The summed E-state index contributed by atoms with van der Waals surface area (Å²) >= 11 is 7.03. The number of nitrogens with zero attached hydrogens (tertiary/aromatic N) is 1. The molecule has 1 heterocycles. The van der Waals surface area contributed by atoms with Crippen LogP contribution in [0, 0.1) is 0 Å². The number of likely N-dealkylation sites (tertiary alicyclic amines) is 1. The van der Waals surface area contributed by atoms with E-state index in [-0.39, 0.29) is 5.91 Å². The molecule has 21 heavy (non-hydrogen) atoms. The fourth-order valence-corrected chi connectivity index (χ4v) is 3.90. The molecule has 1 saturated heterocycles. The number of nitrogens with one attached hydrogen (secondary N) is 1. The van der Waals surface area contributed by atoms with Crippen LogP contribution in [-0.2, 0) is 11.3 Å². The summed E-state index contributed by atoms with van der Waals surface area (Å²) in [7, 11) is 0. The third-order valence-electron chi connectivity index (χ3n) is 3.41. The minimum atomic E-state index is 0.191. The summed E-state index contributed by atoms with van der Waals surface area (Å²) in [5.74, 6) is 1.01. The molecule has 116 valence electrons. The maximum atomic E-state index is 11.9. The summed E-state index contributed by atoms with van der Waals surface area (Å²) in [6, 6.07) is 4.03. The maximum Gasteiger partial charge on any atom is 0.236 e. The number of benzene rings is 1. The van der Waals surface area contributed by atoms with Crippen LogP contribution in [-0.4, -0.2) is 37.0 Å². The van der Waals surface area contributed by atoms with Gasteiger partial charge in [0, 0.05) is 19.6 Å². The quantitative estimate of drug-likeness (QED) is 0.768. The fourth-order valence-electron chi connectivity index (χ4n) is 2.39. The van der Waals surface area contributed by atoms with E-state index in [1.807, 2.05) is 24.0 Å². The van der Waals surface area contributed by atoms with Crippen LogP contribution < -0.4 is 10.1 Å². The average molecular weight is 420 g/mol. The molecular formula is C15H20Br2N2O2. The summed E-state index contributed by atoms with van der Waals surface area (Å²) in [4.78, 5) is 13.9. The van der Waals surface area contributed by atoms with Crippen molar-refractivity contribution in [2.45, 2.75) is 26.3 Å². The molecular weight excluding hydrogens is 400 g/mol. The Balaban J connectivity index is 1.87. The van der Waals surface area contributed by atoms with Crippen molar-refractivity contribution in [1.29, 1.82) is 0 Å². The van der Waals surface area contributed by atoms with Gasteiger partial charge >= 0.3 is 0 Å². The number of hydrogen-bond donors (Lipinski definition) is 1. The lowest BCUT2D eigenvalue weighted by atomic mass is 10.2. The van der Waals surface area contributed by atoms with E-state index in [2.05, 4.69) is 37.2 Å². The molecule has 0 unspecified atom stereocenters. The molecule has 0 saturated carbocycles. The number of amides is 1. The summed E-state index contributed by atoms with van der Waals surface area (Å²) in [5.41, 5.74) is 1.10. The third-order valence-corrected chi connectivity index (χ3v) is 4.59. The first-order valence-electron chi connectivity index (χ1n) is 7.21. The smallest absolute Gasteiger partial charge is 0.236 e. The van der Waals surface area contributed by atoms with Gasteiger partial charge in [-0.05, 0) is 69.3 Å². The van der Waals surface area contributed by atoms with E-state index in [1.165, 1.54) is 0 Å². The molecule has 1 amide bonds. The molecule has 1 aromatic carbocycles. The van der Waals surface area contributed by atoms with Gasteiger partial charge < -0.3 is 15.0 Å². The second-order valence-corrected chi connectivity index (χ2v) is 6.72. The van der Waals surface area contributed by atoms with Crippen LogP contribution in [0.15, 0.2) is 21.1 Å². The van der Waals surface area contributed by atoms with E-state index >= 15 is 0 Å². The zero-order valence-electron chi connectivity index (χ0n) is 12.1. The molecule has 0 aromatic heterocycles. The topological polar surface area (TPSA) is 41.6 Å². The van der Waals surface area contributed by atoms with Gasteiger partial charge in [-0.1, -0.05) is 0 Å². The molecule has 0 atom stereocenters. The molecule has 0 bridgehead atoms.